The van der Waals surface area contributed by atoms with Crippen molar-refractivity contribution >= 4 is 30.8 Å². The van der Waals surface area contributed by atoms with Crippen molar-refractivity contribution in [3.63, 3.8) is 0 Å². The Balaban J connectivity index is 0.00000131. The summed E-state index contributed by atoms with van der Waals surface area (Å²) in [7, 11) is 5.56. The minimum Gasteiger partial charge on any atom is -0.497 e. The smallest absolute Gasteiger partial charge is 0.225 e. The van der Waals surface area contributed by atoms with Crippen LogP contribution in [-0.2, 0) is 0 Å². The van der Waals surface area contributed by atoms with Gasteiger partial charge in [0.05, 0.1) is 26.6 Å². The van der Waals surface area contributed by atoms with Crippen LogP contribution < -0.4 is 14.4 Å². The van der Waals surface area contributed by atoms with Crippen LogP contribution in [0.4, 0.5) is 5.95 Å². The van der Waals surface area contributed by atoms with Gasteiger partial charge in [0.2, 0.25) is 5.95 Å². The Morgan fingerprint density at radius 1 is 0.889 bits per heavy atom. The zero-order valence-corrected chi connectivity index (χ0v) is 17.4. The van der Waals surface area contributed by atoms with E-state index < -0.39 is 0 Å². The molecule has 2 aromatic rings. The van der Waals surface area contributed by atoms with E-state index in [9.17, 15) is 0 Å². The van der Waals surface area contributed by atoms with Crippen LogP contribution in [0.2, 0.25) is 0 Å². The van der Waals surface area contributed by atoms with Gasteiger partial charge in [-0.25, -0.2) is 9.97 Å². The Kier molecular flexibility index (Phi) is 7.14. The first-order valence-corrected chi connectivity index (χ1v) is 8.64. The highest BCUT2D eigenvalue weighted by atomic mass is 35.5. The molecule has 0 saturated carbocycles. The Morgan fingerprint density at radius 2 is 1.52 bits per heavy atom. The van der Waals surface area contributed by atoms with Crippen LogP contribution in [0.15, 0.2) is 36.7 Å². The number of hydrogen-bond acceptors (Lipinski definition) is 6. The fourth-order valence-corrected chi connectivity index (χ4v) is 4.30. The van der Waals surface area contributed by atoms with Crippen molar-refractivity contribution in [1.82, 2.24) is 14.9 Å². The maximum Gasteiger partial charge on any atom is 0.225 e. The predicted molar refractivity (Wildman–Crippen MR) is 111 cm³/mol. The molecular weight excluding hydrogens is 387 g/mol. The number of anilines is 1. The molecule has 0 N–H and O–H groups in total. The van der Waals surface area contributed by atoms with E-state index in [4.69, 9.17) is 9.47 Å². The summed E-state index contributed by atoms with van der Waals surface area (Å²) in [4.78, 5) is 13.7. The average molecular weight is 413 g/mol. The van der Waals surface area contributed by atoms with Crippen molar-refractivity contribution in [2.45, 2.75) is 6.04 Å². The van der Waals surface area contributed by atoms with E-state index in [2.05, 4.69) is 51.1 Å². The molecule has 1 aromatic carbocycles. The first-order valence-electron chi connectivity index (χ1n) is 8.64. The van der Waals surface area contributed by atoms with Crippen LogP contribution in [0, 0.1) is 11.8 Å². The number of rotatable bonds is 4. The Morgan fingerprint density at radius 3 is 2.11 bits per heavy atom. The van der Waals surface area contributed by atoms with Crippen LogP contribution in [0.3, 0.4) is 0 Å². The molecule has 2 aliphatic rings. The molecule has 148 valence electrons. The standard InChI is InChI=1S/C19H24N4O2.2ClH/c1-22-10-14-11-23(19-20-8-16(25-3)9-21-19)12-17(14)18(22)13-4-6-15(24-2)7-5-13;;/h4-9,14,17-18H,10-12H2,1-3H3;2*1H/t14-,17+,18-;;/m0../s1. The second-order valence-corrected chi connectivity index (χ2v) is 6.91. The number of halogens is 2. The summed E-state index contributed by atoms with van der Waals surface area (Å²) in [5.74, 6) is 3.62. The van der Waals surface area contributed by atoms with Gasteiger partial charge in [0, 0.05) is 31.6 Å². The van der Waals surface area contributed by atoms with Crippen molar-refractivity contribution in [2.24, 2.45) is 11.8 Å². The first kappa shape index (κ1) is 21.5. The molecule has 27 heavy (non-hydrogen) atoms. The van der Waals surface area contributed by atoms with Gasteiger partial charge < -0.3 is 14.4 Å². The third-order valence-corrected chi connectivity index (χ3v) is 5.48. The maximum atomic E-state index is 5.29. The Hall–Kier alpha value is -1.76. The fraction of sp³-hybridized carbons (Fsp3) is 0.474. The van der Waals surface area contributed by atoms with Crippen molar-refractivity contribution in [1.29, 1.82) is 0 Å². The van der Waals surface area contributed by atoms with E-state index >= 15 is 0 Å². The van der Waals surface area contributed by atoms with Crippen molar-refractivity contribution in [3.05, 3.63) is 42.2 Å². The van der Waals surface area contributed by atoms with E-state index in [1.54, 1.807) is 26.6 Å². The summed E-state index contributed by atoms with van der Waals surface area (Å²) in [5, 5.41) is 0. The molecule has 2 saturated heterocycles. The lowest BCUT2D eigenvalue weighted by Crippen LogP contribution is -2.29. The number of benzene rings is 1. The molecule has 0 aliphatic carbocycles. The van der Waals surface area contributed by atoms with Gasteiger partial charge in [-0.2, -0.15) is 0 Å². The van der Waals surface area contributed by atoms with Crippen LogP contribution >= 0.6 is 24.8 Å². The fourth-order valence-electron chi connectivity index (χ4n) is 4.30. The topological polar surface area (TPSA) is 50.7 Å². The summed E-state index contributed by atoms with van der Waals surface area (Å²) in [6, 6.07) is 8.91. The largest absolute Gasteiger partial charge is 0.497 e. The van der Waals surface area contributed by atoms with Gasteiger partial charge in [-0.15, -0.1) is 24.8 Å². The number of methoxy groups -OCH3 is 2. The van der Waals surface area contributed by atoms with Gasteiger partial charge in [-0.3, -0.25) is 4.90 Å². The lowest BCUT2D eigenvalue weighted by atomic mass is 9.89. The van der Waals surface area contributed by atoms with Gasteiger partial charge in [0.15, 0.2) is 5.75 Å². The number of fused-ring (bicyclic) bond motifs is 1. The molecule has 4 rings (SSSR count). The highest BCUT2D eigenvalue weighted by Crippen LogP contribution is 2.44. The number of ether oxygens (including phenoxy) is 2. The summed E-state index contributed by atoms with van der Waals surface area (Å²) in [5.41, 5.74) is 1.35. The minimum atomic E-state index is 0. The molecule has 8 heteroatoms. The maximum absolute atomic E-state index is 5.29. The number of aromatic nitrogens is 2. The highest BCUT2D eigenvalue weighted by Gasteiger charge is 2.46. The summed E-state index contributed by atoms with van der Waals surface area (Å²) in [6.07, 6.45) is 3.48. The minimum absolute atomic E-state index is 0. The highest BCUT2D eigenvalue weighted by molar-refractivity contribution is 5.85. The van der Waals surface area contributed by atoms with Gasteiger partial charge in [-0.05, 0) is 30.7 Å². The summed E-state index contributed by atoms with van der Waals surface area (Å²) < 4.78 is 10.4. The van der Waals surface area contributed by atoms with Gasteiger partial charge in [0.1, 0.15) is 5.75 Å². The monoisotopic (exact) mass is 412 g/mol. The van der Waals surface area contributed by atoms with Crippen molar-refractivity contribution < 1.29 is 9.47 Å². The van der Waals surface area contributed by atoms with Gasteiger partial charge in [-0.1, -0.05) is 12.1 Å². The number of nitrogens with zero attached hydrogens (tertiary/aromatic N) is 4. The molecule has 2 aliphatic heterocycles. The van der Waals surface area contributed by atoms with Crippen LogP contribution in [0.25, 0.3) is 0 Å². The third kappa shape index (κ3) is 4.08. The normalized spacial score (nSPS) is 24.0. The molecule has 0 bridgehead atoms. The van der Waals surface area contributed by atoms with Crippen LogP contribution in [0.1, 0.15) is 11.6 Å². The Bertz CT molecular complexity index is 729. The zero-order chi connectivity index (χ0) is 17.4. The van der Waals surface area contributed by atoms with Crippen molar-refractivity contribution in [2.75, 3.05) is 45.8 Å². The molecule has 0 spiro atoms. The SMILES string of the molecule is COc1ccc([C@H]2[C@@H]3CN(c4ncc(OC)cn4)C[C@@H]3CN2C)cc1.Cl.Cl. The Labute approximate surface area is 172 Å². The summed E-state index contributed by atoms with van der Waals surface area (Å²) >= 11 is 0. The number of hydrogen-bond donors (Lipinski definition) is 0. The van der Waals surface area contributed by atoms with Crippen LogP contribution in [0.5, 0.6) is 11.5 Å². The molecular formula is C19H26Cl2N4O2. The second-order valence-electron chi connectivity index (χ2n) is 6.91. The zero-order valence-electron chi connectivity index (χ0n) is 15.7. The molecule has 0 radical (unpaired) electrons. The van der Waals surface area contributed by atoms with Gasteiger partial charge in [0.25, 0.3) is 0 Å². The number of likely N-dealkylation sites (tertiary alicyclic amines) is 1. The molecule has 1 aromatic heterocycles. The van der Waals surface area contributed by atoms with E-state index in [1.165, 1.54) is 5.56 Å². The molecule has 2 fully saturated rings. The predicted octanol–water partition coefficient (Wildman–Crippen LogP) is 3.08. The van der Waals surface area contributed by atoms with Gasteiger partial charge >= 0.3 is 0 Å². The van der Waals surface area contributed by atoms with E-state index in [-0.39, 0.29) is 24.8 Å². The first-order chi connectivity index (χ1) is 12.2. The summed E-state index contributed by atoms with van der Waals surface area (Å²) in [6.45, 7) is 3.10. The van der Waals surface area contributed by atoms with E-state index in [0.717, 1.165) is 31.3 Å². The second kappa shape index (κ2) is 8.95. The molecule has 3 heterocycles. The lowest BCUT2D eigenvalue weighted by Gasteiger charge is -2.27. The molecule has 0 unspecified atom stereocenters. The quantitative estimate of drug-likeness (QED) is 0.768. The van der Waals surface area contributed by atoms with E-state index in [1.807, 2.05) is 0 Å². The molecule has 0 amide bonds. The van der Waals surface area contributed by atoms with E-state index in [0.29, 0.717) is 23.6 Å². The molecule has 6 nitrogen and oxygen atoms in total. The van der Waals surface area contributed by atoms with Crippen LogP contribution in [-0.4, -0.2) is 55.8 Å². The third-order valence-electron chi connectivity index (χ3n) is 5.48. The van der Waals surface area contributed by atoms with Crippen molar-refractivity contribution in [3.8, 4) is 11.5 Å². The molecule has 3 atom stereocenters. The average Bonchev–Trinajstić information content (AvgIpc) is 3.18. The lowest BCUT2D eigenvalue weighted by molar-refractivity contribution is 0.279.